The fourth-order valence-corrected chi connectivity index (χ4v) is 9.22. The molecule has 0 aromatic heterocycles. The molecule has 0 amide bonds. The number of carbonyl (C=O) groups excluding carboxylic acids is 2. The lowest BCUT2D eigenvalue weighted by Crippen LogP contribution is -2.69. The summed E-state index contributed by atoms with van der Waals surface area (Å²) in [6.07, 6.45) is 9.09. The molecule has 6 nitrogen and oxygen atoms in total. The first-order chi connectivity index (χ1) is 16.6. The summed E-state index contributed by atoms with van der Waals surface area (Å²) in [4.78, 5) is 25.5. The number of alkyl halides is 1. The van der Waals surface area contributed by atoms with Gasteiger partial charge in [0.05, 0.1) is 12.2 Å². The maximum atomic E-state index is 17.3. The molecule has 5 fully saturated rings. The molecule has 35 heavy (non-hydrogen) atoms. The molecule has 1 unspecified atom stereocenters. The first kappa shape index (κ1) is 24.0. The monoisotopic (exact) mass is 488 g/mol. The fourth-order valence-electron chi connectivity index (χ4n) is 9.22. The minimum Gasteiger partial charge on any atom is -0.390 e. The van der Waals surface area contributed by atoms with Crippen molar-refractivity contribution in [3.8, 4) is 0 Å². The van der Waals surface area contributed by atoms with Crippen LogP contribution in [0.4, 0.5) is 4.39 Å². The van der Waals surface area contributed by atoms with Crippen LogP contribution in [-0.4, -0.2) is 58.2 Å². The molecule has 6 aliphatic rings. The average Bonchev–Trinajstić information content (AvgIpc) is 3.34. The van der Waals surface area contributed by atoms with Crippen LogP contribution < -0.4 is 0 Å². The molecule has 4 saturated carbocycles. The third-order valence-corrected chi connectivity index (χ3v) is 11.0. The lowest BCUT2D eigenvalue weighted by Gasteiger charge is -2.62. The number of hydrogen-bond acceptors (Lipinski definition) is 6. The minimum atomic E-state index is -1.97. The molecule has 0 bridgehead atoms. The van der Waals surface area contributed by atoms with Crippen molar-refractivity contribution < 1.29 is 33.7 Å². The van der Waals surface area contributed by atoms with Gasteiger partial charge in [-0.05, 0) is 63.5 Å². The van der Waals surface area contributed by atoms with Gasteiger partial charge in [-0.3, -0.25) is 9.59 Å². The Morgan fingerprint density at radius 2 is 1.91 bits per heavy atom. The fraction of sp³-hybridized carbons (Fsp3) is 0.786. The molecule has 7 heteroatoms. The quantitative estimate of drug-likeness (QED) is 0.631. The van der Waals surface area contributed by atoms with E-state index in [4.69, 9.17) is 9.47 Å². The van der Waals surface area contributed by atoms with Crippen LogP contribution in [0.5, 0.6) is 0 Å². The number of rotatable bonds is 3. The van der Waals surface area contributed by atoms with E-state index in [1.165, 1.54) is 18.6 Å². The van der Waals surface area contributed by atoms with Gasteiger partial charge in [0, 0.05) is 22.7 Å². The zero-order chi connectivity index (χ0) is 24.8. The molecule has 1 aliphatic heterocycles. The van der Waals surface area contributed by atoms with E-state index in [9.17, 15) is 19.8 Å². The summed E-state index contributed by atoms with van der Waals surface area (Å²) in [5.41, 5.74) is -4.57. The Morgan fingerprint density at radius 3 is 2.63 bits per heavy atom. The number of Topliss-reactive ketones (excluding diaryl/α,β-unsaturated/α-hetero) is 1. The van der Waals surface area contributed by atoms with Crippen LogP contribution in [0.15, 0.2) is 23.8 Å². The van der Waals surface area contributed by atoms with Crippen molar-refractivity contribution in [3.05, 3.63) is 23.8 Å². The van der Waals surface area contributed by atoms with Crippen LogP contribution in [0.2, 0.25) is 0 Å². The first-order valence-electron chi connectivity index (χ1n) is 13.4. The SMILES string of the molecule is C[C@]12C=CC(=O)C=C1CC[C@H]1[C@@H]3C[C@@H]4OC(C5CCCCC5)O[C@@]4(C(=O)CO)[C@@]3(C)C[C@H](O)[C@@]12F. The van der Waals surface area contributed by atoms with Gasteiger partial charge in [-0.15, -0.1) is 0 Å². The molecule has 0 spiro atoms. The highest BCUT2D eigenvalue weighted by Gasteiger charge is 2.79. The van der Waals surface area contributed by atoms with Crippen molar-refractivity contribution >= 4 is 11.6 Å². The zero-order valence-corrected chi connectivity index (χ0v) is 20.7. The Hall–Kier alpha value is -1.41. The van der Waals surface area contributed by atoms with Crippen LogP contribution >= 0.6 is 0 Å². The van der Waals surface area contributed by atoms with Gasteiger partial charge < -0.3 is 19.7 Å². The van der Waals surface area contributed by atoms with E-state index in [0.29, 0.717) is 19.3 Å². The maximum absolute atomic E-state index is 17.3. The molecule has 0 radical (unpaired) electrons. The largest absolute Gasteiger partial charge is 0.390 e. The Kier molecular flexibility index (Phi) is 5.34. The summed E-state index contributed by atoms with van der Waals surface area (Å²) in [7, 11) is 0. The molecule has 0 aromatic rings. The van der Waals surface area contributed by atoms with Crippen molar-refractivity contribution in [3.63, 3.8) is 0 Å². The van der Waals surface area contributed by atoms with Gasteiger partial charge in [-0.2, -0.15) is 0 Å². The van der Waals surface area contributed by atoms with Gasteiger partial charge >= 0.3 is 0 Å². The number of halogens is 1. The first-order valence-corrected chi connectivity index (χ1v) is 13.4. The molecule has 2 N–H and O–H groups in total. The van der Waals surface area contributed by atoms with Gasteiger partial charge in [0.2, 0.25) is 0 Å². The average molecular weight is 489 g/mol. The highest BCUT2D eigenvalue weighted by atomic mass is 19.1. The second-order valence-corrected chi connectivity index (χ2v) is 12.3. The zero-order valence-electron chi connectivity index (χ0n) is 20.7. The number of ketones is 2. The number of ether oxygens (including phenoxy) is 2. The van der Waals surface area contributed by atoms with Crippen molar-refractivity contribution in [2.45, 2.75) is 101 Å². The van der Waals surface area contributed by atoms with E-state index >= 15 is 4.39 Å². The predicted molar refractivity (Wildman–Crippen MR) is 125 cm³/mol. The standard InChI is InChI=1S/C28H37FO6/c1-25-11-10-18(31)12-17(25)8-9-19-20-13-23-28(22(33)15-30,26(20,2)14-21(32)27(19,25)29)35-24(34-23)16-6-4-3-5-7-16/h10-12,16,19-21,23-24,30,32H,3-9,13-15H2,1-2H3/t19-,20-,21-,23-,24?,25-,26-,27-,28+/m0/s1. The highest BCUT2D eigenvalue weighted by molar-refractivity contribution is 6.01. The van der Waals surface area contributed by atoms with Crippen LogP contribution in [0, 0.1) is 28.6 Å². The third kappa shape index (κ3) is 2.84. The Balaban J connectivity index is 1.40. The second-order valence-electron chi connectivity index (χ2n) is 12.3. The normalized spacial score (nSPS) is 51.3. The maximum Gasteiger partial charge on any atom is 0.193 e. The lowest BCUT2D eigenvalue weighted by atomic mass is 9.44. The Bertz CT molecular complexity index is 1000. The molecular formula is C28H37FO6. The van der Waals surface area contributed by atoms with E-state index in [0.717, 1.165) is 31.3 Å². The van der Waals surface area contributed by atoms with E-state index in [1.54, 1.807) is 13.0 Å². The number of fused-ring (bicyclic) bond motifs is 7. The van der Waals surface area contributed by atoms with Crippen molar-refractivity contribution in [1.82, 2.24) is 0 Å². The summed E-state index contributed by atoms with van der Waals surface area (Å²) in [5.74, 6) is -1.14. The number of hydrogen-bond donors (Lipinski definition) is 2. The molecule has 9 atom stereocenters. The topological polar surface area (TPSA) is 93.1 Å². The number of allylic oxidation sites excluding steroid dienone is 4. The molecule has 5 aliphatic carbocycles. The summed E-state index contributed by atoms with van der Waals surface area (Å²) in [6, 6.07) is 0. The van der Waals surface area contributed by atoms with Crippen LogP contribution in [0.1, 0.15) is 71.6 Å². The van der Waals surface area contributed by atoms with Crippen LogP contribution in [-0.2, 0) is 19.1 Å². The molecule has 1 saturated heterocycles. The summed E-state index contributed by atoms with van der Waals surface area (Å²) >= 11 is 0. The predicted octanol–water partition coefficient (Wildman–Crippen LogP) is 3.59. The number of aliphatic hydroxyl groups is 2. The van der Waals surface area contributed by atoms with E-state index in [1.807, 2.05) is 6.92 Å². The van der Waals surface area contributed by atoms with Gasteiger partial charge in [0.1, 0.15) is 6.61 Å². The lowest BCUT2D eigenvalue weighted by molar-refractivity contribution is -0.236. The number of aliphatic hydroxyl groups excluding tert-OH is 2. The van der Waals surface area contributed by atoms with Crippen molar-refractivity contribution in [2.75, 3.05) is 6.61 Å². The van der Waals surface area contributed by atoms with Crippen LogP contribution in [0.25, 0.3) is 0 Å². The van der Waals surface area contributed by atoms with E-state index in [-0.39, 0.29) is 24.0 Å². The van der Waals surface area contributed by atoms with Gasteiger partial charge in [0.25, 0.3) is 0 Å². The van der Waals surface area contributed by atoms with Crippen molar-refractivity contribution in [2.24, 2.45) is 28.6 Å². The summed E-state index contributed by atoms with van der Waals surface area (Å²) in [6.45, 7) is 3.06. The minimum absolute atomic E-state index is 0.0400. The van der Waals surface area contributed by atoms with Gasteiger partial charge in [-0.1, -0.05) is 37.8 Å². The van der Waals surface area contributed by atoms with E-state index < -0.39 is 58.9 Å². The Morgan fingerprint density at radius 1 is 1.17 bits per heavy atom. The van der Waals surface area contributed by atoms with E-state index in [2.05, 4.69) is 0 Å². The third-order valence-electron chi connectivity index (χ3n) is 11.0. The second kappa shape index (κ2) is 7.80. The summed E-state index contributed by atoms with van der Waals surface area (Å²) in [5, 5.41) is 21.6. The molecule has 192 valence electrons. The smallest absolute Gasteiger partial charge is 0.193 e. The Labute approximate surface area is 205 Å². The van der Waals surface area contributed by atoms with Crippen molar-refractivity contribution in [1.29, 1.82) is 0 Å². The van der Waals surface area contributed by atoms with Gasteiger partial charge in [-0.25, -0.2) is 4.39 Å². The molecule has 6 rings (SSSR count). The highest BCUT2D eigenvalue weighted by Crippen LogP contribution is 2.72. The summed E-state index contributed by atoms with van der Waals surface area (Å²) < 4.78 is 30.4. The molecule has 1 heterocycles. The van der Waals surface area contributed by atoms with Gasteiger partial charge in [0.15, 0.2) is 29.1 Å². The molecule has 0 aromatic carbocycles. The van der Waals surface area contributed by atoms with Crippen LogP contribution in [0.3, 0.4) is 0 Å². The molecular weight excluding hydrogens is 451 g/mol. The number of carbonyl (C=O) groups is 2.